The van der Waals surface area contributed by atoms with Crippen LogP contribution >= 0.6 is 11.8 Å². The highest BCUT2D eigenvalue weighted by atomic mass is 32.2. The summed E-state index contributed by atoms with van der Waals surface area (Å²) in [5, 5.41) is 10.8. The number of amides is 3. The third-order valence-electron chi connectivity index (χ3n) is 3.32. The molecule has 0 aliphatic heterocycles. The minimum Gasteiger partial charge on any atom is -0.379 e. The summed E-state index contributed by atoms with van der Waals surface area (Å²) in [5.41, 5.74) is -0.321. The monoisotopic (exact) mass is 382 g/mol. The summed E-state index contributed by atoms with van der Waals surface area (Å²) in [6, 6.07) is -0.295. The number of Topliss-reactive ketones (excluding diaryl/α,β-unsaturated/α-hetero) is 1. The van der Waals surface area contributed by atoms with Crippen LogP contribution in [0.5, 0.6) is 0 Å². The van der Waals surface area contributed by atoms with Crippen molar-refractivity contribution in [1.29, 1.82) is 0 Å². The quantitative estimate of drug-likeness (QED) is 0.533. The number of urea groups is 1. The van der Waals surface area contributed by atoms with Crippen LogP contribution in [0.25, 0.3) is 0 Å². The number of nitrogens with zero attached hydrogens (tertiary/aromatic N) is 1. The Hall–Kier alpha value is -2.66. The van der Waals surface area contributed by atoms with E-state index in [1.807, 2.05) is 0 Å². The Morgan fingerprint density at radius 1 is 1.23 bits per heavy atom. The zero-order valence-corrected chi connectivity index (χ0v) is 15.0. The number of hydrogen-bond acceptors (Lipinski definition) is 8. The van der Waals surface area contributed by atoms with E-state index in [0.29, 0.717) is 25.5 Å². The molecular weight excluding hydrogens is 364 g/mol. The summed E-state index contributed by atoms with van der Waals surface area (Å²) in [4.78, 5) is 47.5. The molecule has 1 aromatic heterocycles. The lowest BCUT2D eigenvalue weighted by molar-refractivity contribution is 0.0944. The number of thioether (sulfide) groups is 1. The van der Waals surface area contributed by atoms with E-state index in [1.165, 1.54) is 20.2 Å². The smallest absolute Gasteiger partial charge is 0.314 e. The summed E-state index contributed by atoms with van der Waals surface area (Å²) in [6.07, 6.45) is 1.17. The van der Waals surface area contributed by atoms with Crippen molar-refractivity contribution in [3.8, 4) is 0 Å². The van der Waals surface area contributed by atoms with Crippen LogP contribution in [0.3, 0.4) is 0 Å². The molecule has 10 nitrogen and oxygen atoms in total. The first kappa shape index (κ1) is 19.7. The average molecular weight is 382 g/mol. The standard InChI is InChI=1S/C15H18N4O6S/c1-16-14(22)11-10-12(21)9(7-8(20)13(10)25-19-11)26-6-5-24-4-3-18-15(23)17-2/h7H,3-6H2,1-2H3,(H,16,22)(H2,17,18,23). The maximum absolute atomic E-state index is 12.5. The third-order valence-corrected chi connectivity index (χ3v) is 4.30. The van der Waals surface area contributed by atoms with E-state index in [9.17, 15) is 19.2 Å². The molecule has 26 heavy (non-hydrogen) atoms. The molecule has 140 valence electrons. The van der Waals surface area contributed by atoms with E-state index >= 15 is 0 Å². The number of fused-ring (bicyclic) bond motifs is 1. The number of ketones is 2. The second-order valence-electron chi connectivity index (χ2n) is 4.98. The van der Waals surface area contributed by atoms with E-state index in [1.54, 1.807) is 0 Å². The predicted molar refractivity (Wildman–Crippen MR) is 92.4 cm³/mol. The fourth-order valence-corrected chi connectivity index (χ4v) is 2.91. The van der Waals surface area contributed by atoms with Crippen molar-refractivity contribution in [2.45, 2.75) is 0 Å². The molecule has 2 rings (SSSR count). The molecular formula is C15H18N4O6S. The molecule has 0 atom stereocenters. The van der Waals surface area contributed by atoms with Gasteiger partial charge in [-0.25, -0.2) is 4.79 Å². The molecule has 3 amide bonds. The van der Waals surface area contributed by atoms with Crippen molar-refractivity contribution >= 4 is 35.3 Å². The number of nitrogens with one attached hydrogen (secondary N) is 3. The van der Waals surface area contributed by atoms with Gasteiger partial charge in [-0.05, 0) is 0 Å². The van der Waals surface area contributed by atoms with Crippen molar-refractivity contribution in [3.05, 3.63) is 28.0 Å². The molecule has 0 radical (unpaired) electrons. The number of hydrogen-bond donors (Lipinski definition) is 3. The highest BCUT2D eigenvalue weighted by Gasteiger charge is 2.35. The molecule has 0 bridgehead atoms. The minimum absolute atomic E-state index is 0.116. The lowest BCUT2D eigenvalue weighted by atomic mass is 10.00. The zero-order chi connectivity index (χ0) is 19.1. The van der Waals surface area contributed by atoms with Crippen LogP contribution in [0, 0.1) is 0 Å². The highest BCUT2D eigenvalue weighted by Crippen LogP contribution is 2.30. The lowest BCUT2D eigenvalue weighted by Crippen LogP contribution is -2.35. The highest BCUT2D eigenvalue weighted by molar-refractivity contribution is 8.04. The maximum Gasteiger partial charge on any atom is 0.314 e. The van der Waals surface area contributed by atoms with Gasteiger partial charge in [0.2, 0.25) is 17.3 Å². The molecule has 0 spiro atoms. The molecule has 0 unspecified atom stereocenters. The Morgan fingerprint density at radius 2 is 2.00 bits per heavy atom. The number of carbonyl (C=O) groups is 4. The van der Waals surface area contributed by atoms with Crippen molar-refractivity contribution in [2.24, 2.45) is 0 Å². The van der Waals surface area contributed by atoms with Gasteiger partial charge >= 0.3 is 6.03 Å². The van der Waals surface area contributed by atoms with E-state index in [2.05, 4.69) is 21.1 Å². The zero-order valence-electron chi connectivity index (χ0n) is 14.2. The Kier molecular flexibility index (Phi) is 6.92. The number of ether oxygens (including phenoxy) is 1. The van der Waals surface area contributed by atoms with Crippen LogP contribution in [-0.4, -0.2) is 68.3 Å². The van der Waals surface area contributed by atoms with Crippen molar-refractivity contribution in [3.63, 3.8) is 0 Å². The minimum atomic E-state index is -0.602. The summed E-state index contributed by atoms with van der Waals surface area (Å²) in [7, 11) is 2.90. The number of allylic oxidation sites excluding steroid dienone is 2. The molecule has 1 aliphatic carbocycles. The summed E-state index contributed by atoms with van der Waals surface area (Å²) in [6.45, 7) is 0.984. The van der Waals surface area contributed by atoms with Crippen LogP contribution in [0.4, 0.5) is 4.79 Å². The Labute approximate surface area is 153 Å². The second-order valence-corrected chi connectivity index (χ2v) is 6.12. The molecule has 0 saturated carbocycles. The maximum atomic E-state index is 12.5. The van der Waals surface area contributed by atoms with Crippen molar-refractivity contribution in [2.75, 3.05) is 39.6 Å². The van der Waals surface area contributed by atoms with E-state index in [-0.39, 0.29) is 28.0 Å². The molecule has 1 heterocycles. The van der Waals surface area contributed by atoms with Crippen LogP contribution in [0.1, 0.15) is 31.4 Å². The van der Waals surface area contributed by atoms with Crippen LogP contribution in [-0.2, 0) is 4.74 Å². The van der Waals surface area contributed by atoms with Crippen molar-refractivity contribution in [1.82, 2.24) is 21.1 Å². The predicted octanol–water partition coefficient (Wildman–Crippen LogP) is -0.0241. The van der Waals surface area contributed by atoms with Crippen molar-refractivity contribution < 1.29 is 28.4 Å². The summed E-state index contributed by atoms with van der Waals surface area (Å²) >= 11 is 1.14. The number of carbonyl (C=O) groups excluding carboxylic acids is 4. The Bertz CT molecular complexity index is 757. The molecule has 0 fully saturated rings. The van der Waals surface area contributed by atoms with Gasteiger partial charge in [-0.3, -0.25) is 14.4 Å². The molecule has 11 heteroatoms. The van der Waals surface area contributed by atoms with Crippen LogP contribution < -0.4 is 16.0 Å². The van der Waals surface area contributed by atoms with E-state index < -0.39 is 17.5 Å². The van der Waals surface area contributed by atoms with Gasteiger partial charge in [0.05, 0.1) is 18.1 Å². The fraction of sp³-hybridized carbons (Fsp3) is 0.400. The average Bonchev–Trinajstić information content (AvgIpc) is 3.09. The van der Waals surface area contributed by atoms with Gasteiger partial charge in [-0.15, -0.1) is 11.8 Å². The van der Waals surface area contributed by atoms with Crippen LogP contribution in [0.15, 0.2) is 15.5 Å². The first-order valence-electron chi connectivity index (χ1n) is 7.68. The fourth-order valence-electron chi connectivity index (χ4n) is 2.06. The SMILES string of the molecule is CNC(=O)NCCOCCSC1=CC(=O)c2onc(C(=O)NC)c2C1=O. The molecule has 3 N–H and O–H groups in total. The molecule has 0 saturated heterocycles. The van der Waals surface area contributed by atoms with Gasteiger partial charge in [0.25, 0.3) is 5.91 Å². The van der Waals surface area contributed by atoms with Gasteiger partial charge in [0.15, 0.2) is 5.69 Å². The largest absolute Gasteiger partial charge is 0.379 e. The van der Waals surface area contributed by atoms with Crippen LogP contribution in [0.2, 0.25) is 0 Å². The normalized spacial score (nSPS) is 13.1. The second kappa shape index (κ2) is 9.15. The first-order chi connectivity index (χ1) is 12.5. The van der Waals surface area contributed by atoms with E-state index in [0.717, 1.165) is 11.8 Å². The van der Waals surface area contributed by atoms with Gasteiger partial charge in [-0.2, -0.15) is 0 Å². The number of rotatable bonds is 8. The topological polar surface area (TPSA) is 140 Å². The van der Waals surface area contributed by atoms with Gasteiger partial charge in [-0.1, -0.05) is 5.16 Å². The van der Waals surface area contributed by atoms with Gasteiger partial charge in [0.1, 0.15) is 5.56 Å². The Balaban J connectivity index is 1.87. The van der Waals surface area contributed by atoms with Gasteiger partial charge < -0.3 is 25.2 Å². The molecule has 1 aliphatic rings. The lowest BCUT2D eigenvalue weighted by Gasteiger charge is -2.11. The number of aromatic nitrogens is 1. The third kappa shape index (κ3) is 4.49. The Morgan fingerprint density at radius 3 is 2.69 bits per heavy atom. The summed E-state index contributed by atoms with van der Waals surface area (Å²) in [5.74, 6) is -1.41. The van der Waals surface area contributed by atoms with E-state index in [4.69, 9.17) is 9.26 Å². The van der Waals surface area contributed by atoms with Gasteiger partial charge in [0, 0.05) is 32.5 Å². The first-order valence-corrected chi connectivity index (χ1v) is 8.66. The summed E-state index contributed by atoms with van der Waals surface area (Å²) < 4.78 is 10.2. The molecule has 1 aromatic rings. The molecule has 0 aromatic carbocycles.